The number of benzene rings is 2. The molecule has 0 aliphatic rings. The maximum atomic E-state index is 10.8. The van der Waals surface area contributed by atoms with Crippen LogP contribution >= 0.6 is 11.3 Å². The Balaban J connectivity index is 1.76. The van der Waals surface area contributed by atoms with Crippen LogP contribution in [0.1, 0.15) is 26.5 Å². The Kier molecular flexibility index (Phi) is 4.02. The molecule has 2 aromatic carbocycles. The van der Waals surface area contributed by atoms with E-state index in [1.165, 1.54) is 5.56 Å². The van der Waals surface area contributed by atoms with Gasteiger partial charge in [-0.1, -0.05) is 42.0 Å². The van der Waals surface area contributed by atoms with Gasteiger partial charge in [0.25, 0.3) is 0 Å². The number of nitrogens with zero attached hydrogens (tertiary/aromatic N) is 1. The first kappa shape index (κ1) is 14.5. The van der Waals surface area contributed by atoms with E-state index in [1.807, 2.05) is 12.1 Å². The third kappa shape index (κ3) is 3.23. The van der Waals surface area contributed by atoms with E-state index in [0.717, 1.165) is 28.2 Å². The molecule has 0 saturated heterocycles. The molecule has 4 heteroatoms. The lowest BCUT2D eigenvalue weighted by Gasteiger charge is -2.00. The summed E-state index contributed by atoms with van der Waals surface area (Å²) < 4.78 is 0. The van der Waals surface area contributed by atoms with Gasteiger partial charge in [0.1, 0.15) is 0 Å². The summed E-state index contributed by atoms with van der Waals surface area (Å²) in [5, 5.41) is 12.0. The first-order valence-corrected chi connectivity index (χ1v) is 7.83. The van der Waals surface area contributed by atoms with E-state index in [9.17, 15) is 4.79 Å². The number of carboxylic acids is 1. The zero-order valence-corrected chi connectivity index (χ0v) is 12.9. The molecule has 0 amide bonds. The van der Waals surface area contributed by atoms with Crippen LogP contribution in [-0.4, -0.2) is 16.1 Å². The Hall–Kier alpha value is -2.46. The Morgan fingerprint density at radius 2 is 1.77 bits per heavy atom. The number of aromatic nitrogens is 1. The van der Waals surface area contributed by atoms with Crippen LogP contribution < -0.4 is 0 Å². The molecule has 1 N–H and O–H groups in total. The molecule has 0 aliphatic heterocycles. The zero-order valence-electron chi connectivity index (χ0n) is 12.1. The van der Waals surface area contributed by atoms with Gasteiger partial charge in [-0.3, -0.25) is 0 Å². The monoisotopic (exact) mass is 309 g/mol. The molecule has 0 unspecified atom stereocenters. The Morgan fingerprint density at radius 1 is 1.09 bits per heavy atom. The fourth-order valence-corrected chi connectivity index (χ4v) is 3.03. The fraction of sp³-hybridized carbons (Fsp3) is 0.111. The number of aromatic carboxylic acids is 1. The number of thiazole rings is 1. The van der Waals surface area contributed by atoms with Crippen molar-refractivity contribution in [1.29, 1.82) is 0 Å². The minimum atomic E-state index is -0.901. The lowest BCUT2D eigenvalue weighted by molar-refractivity contribution is 0.0697. The van der Waals surface area contributed by atoms with Crippen LogP contribution in [0.15, 0.2) is 53.9 Å². The maximum Gasteiger partial charge on any atom is 0.335 e. The number of hydrogen-bond acceptors (Lipinski definition) is 3. The second kappa shape index (κ2) is 6.12. The van der Waals surface area contributed by atoms with Crippen molar-refractivity contribution in [3.63, 3.8) is 0 Å². The van der Waals surface area contributed by atoms with Crippen molar-refractivity contribution in [2.24, 2.45) is 0 Å². The molecule has 0 saturated carbocycles. The molecule has 0 aliphatic carbocycles. The SMILES string of the molecule is Cc1ccc(-c2csc(Cc3ccc(C(=O)O)cc3)n2)cc1. The number of rotatable bonds is 4. The molecular weight excluding hydrogens is 294 g/mol. The summed E-state index contributed by atoms with van der Waals surface area (Å²) in [4.78, 5) is 15.5. The Labute approximate surface area is 132 Å². The van der Waals surface area contributed by atoms with Crippen LogP contribution in [0, 0.1) is 6.92 Å². The second-order valence-corrected chi connectivity index (χ2v) is 6.11. The standard InChI is InChI=1S/C18H15NO2S/c1-12-2-6-14(7-3-12)16-11-22-17(19-16)10-13-4-8-15(9-5-13)18(20)21/h2-9,11H,10H2,1H3,(H,20,21). The number of carbonyl (C=O) groups is 1. The van der Waals surface area contributed by atoms with Crippen molar-refractivity contribution in [1.82, 2.24) is 4.98 Å². The maximum absolute atomic E-state index is 10.8. The lowest BCUT2D eigenvalue weighted by Crippen LogP contribution is -1.96. The summed E-state index contributed by atoms with van der Waals surface area (Å²) in [6.45, 7) is 2.07. The summed E-state index contributed by atoms with van der Waals surface area (Å²) in [6, 6.07) is 15.3. The van der Waals surface area contributed by atoms with Gasteiger partial charge in [0, 0.05) is 17.4 Å². The van der Waals surface area contributed by atoms with Crippen LogP contribution in [0.2, 0.25) is 0 Å². The predicted molar refractivity (Wildman–Crippen MR) is 88.5 cm³/mol. The molecule has 22 heavy (non-hydrogen) atoms. The fourth-order valence-electron chi connectivity index (χ4n) is 2.19. The average molecular weight is 309 g/mol. The van der Waals surface area contributed by atoms with Crippen LogP contribution in [0.25, 0.3) is 11.3 Å². The van der Waals surface area contributed by atoms with Gasteiger partial charge in [-0.15, -0.1) is 11.3 Å². The smallest absolute Gasteiger partial charge is 0.335 e. The third-order valence-corrected chi connectivity index (χ3v) is 4.30. The molecule has 1 heterocycles. The molecule has 0 bridgehead atoms. The first-order chi connectivity index (χ1) is 10.6. The van der Waals surface area contributed by atoms with E-state index < -0.39 is 5.97 Å². The lowest BCUT2D eigenvalue weighted by atomic mass is 10.1. The molecular formula is C18H15NO2S. The normalized spacial score (nSPS) is 10.6. The van der Waals surface area contributed by atoms with Gasteiger partial charge in [0.2, 0.25) is 0 Å². The largest absolute Gasteiger partial charge is 0.478 e. The summed E-state index contributed by atoms with van der Waals surface area (Å²) in [6.07, 6.45) is 0.719. The van der Waals surface area contributed by atoms with Crippen molar-refractivity contribution in [2.75, 3.05) is 0 Å². The number of aryl methyl sites for hydroxylation is 1. The summed E-state index contributed by atoms with van der Waals surface area (Å²) in [5.74, 6) is -0.901. The van der Waals surface area contributed by atoms with E-state index in [1.54, 1.807) is 23.5 Å². The van der Waals surface area contributed by atoms with E-state index in [4.69, 9.17) is 5.11 Å². The van der Waals surface area contributed by atoms with E-state index in [-0.39, 0.29) is 0 Å². The van der Waals surface area contributed by atoms with Crippen molar-refractivity contribution < 1.29 is 9.90 Å². The number of carboxylic acid groups (broad SMARTS) is 1. The van der Waals surface area contributed by atoms with Gasteiger partial charge < -0.3 is 5.11 Å². The third-order valence-electron chi connectivity index (χ3n) is 3.46. The molecule has 110 valence electrons. The van der Waals surface area contributed by atoms with E-state index in [2.05, 4.69) is 41.6 Å². The average Bonchev–Trinajstić information content (AvgIpc) is 2.97. The van der Waals surface area contributed by atoms with E-state index in [0.29, 0.717) is 5.56 Å². The Bertz CT molecular complexity index is 789. The van der Waals surface area contributed by atoms with Crippen LogP contribution in [-0.2, 0) is 6.42 Å². The van der Waals surface area contributed by atoms with Gasteiger partial charge >= 0.3 is 5.97 Å². The molecule has 0 fully saturated rings. The summed E-state index contributed by atoms with van der Waals surface area (Å²) >= 11 is 1.63. The van der Waals surface area contributed by atoms with Crippen LogP contribution in [0.5, 0.6) is 0 Å². The highest BCUT2D eigenvalue weighted by Gasteiger charge is 2.07. The predicted octanol–water partition coefficient (Wildman–Crippen LogP) is 4.41. The van der Waals surface area contributed by atoms with E-state index >= 15 is 0 Å². The highest BCUT2D eigenvalue weighted by atomic mass is 32.1. The van der Waals surface area contributed by atoms with Gasteiger partial charge in [0.05, 0.1) is 16.3 Å². The van der Waals surface area contributed by atoms with Gasteiger partial charge in [-0.25, -0.2) is 9.78 Å². The summed E-state index contributed by atoms with van der Waals surface area (Å²) in [7, 11) is 0. The zero-order chi connectivity index (χ0) is 15.5. The number of hydrogen-bond donors (Lipinski definition) is 1. The molecule has 1 aromatic heterocycles. The van der Waals surface area contributed by atoms with Crippen molar-refractivity contribution >= 4 is 17.3 Å². The Morgan fingerprint density at radius 3 is 2.41 bits per heavy atom. The molecule has 0 spiro atoms. The summed E-state index contributed by atoms with van der Waals surface area (Å²) in [5.41, 5.74) is 4.72. The van der Waals surface area contributed by atoms with Crippen molar-refractivity contribution in [3.05, 3.63) is 75.6 Å². The van der Waals surface area contributed by atoms with Crippen molar-refractivity contribution in [3.8, 4) is 11.3 Å². The molecule has 3 aromatic rings. The molecule has 3 rings (SSSR count). The second-order valence-electron chi connectivity index (χ2n) is 5.17. The quantitative estimate of drug-likeness (QED) is 0.776. The highest BCUT2D eigenvalue weighted by Crippen LogP contribution is 2.23. The molecule has 0 atom stereocenters. The minimum Gasteiger partial charge on any atom is -0.478 e. The van der Waals surface area contributed by atoms with Crippen molar-refractivity contribution in [2.45, 2.75) is 13.3 Å². The molecule has 3 nitrogen and oxygen atoms in total. The highest BCUT2D eigenvalue weighted by molar-refractivity contribution is 7.10. The van der Waals surface area contributed by atoms with Crippen LogP contribution in [0.3, 0.4) is 0 Å². The topological polar surface area (TPSA) is 50.2 Å². The molecule has 0 radical (unpaired) electrons. The van der Waals surface area contributed by atoms with Gasteiger partial charge in [-0.2, -0.15) is 0 Å². The van der Waals surface area contributed by atoms with Gasteiger partial charge in [-0.05, 0) is 24.6 Å². The minimum absolute atomic E-state index is 0.309. The van der Waals surface area contributed by atoms with Gasteiger partial charge in [0.15, 0.2) is 0 Å². The van der Waals surface area contributed by atoms with Crippen LogP contribution in [0.4, 0.5) is 0 Å². The first-order valence-electron chi connectivity index (χ1n) is 6.95.